The van der Waals surface area contributed by atoms with Crippen molar-refractivity contribution in [2.24, 2.45) is 5.92 Å². The zero-order valence-corrected chi connectivity index (χ0v) is 10.9. The zero-order chi connectivity index (χ0) is 12.3. The summed E-state index contributed by atoms with van der Waals surface area (Å²) >= 11 is 6.07. The van der Waals surface area contributed by atoms with E-state index in [4.69, 9.17) is 11.6 Å². The molecule has 94 valence electrons. The van der Waals surface area contributed by atoms with Gasteiger partial charge in [-0.25, -0.2) is 4.39 Å². The standard InChI is InChI=1S/C14H19ClFN/c1-10-2-5-14(16)7-12(10)9-17-8-11-3-4-13(15)6-11/h2,5,7,11,13,17H,3-4,6,8-9H2,1H3. The summed E-state index contributed by atoms with van der Waals surface area (Å²) in [5.41, 5.74) is 2.19. The molecule has 0 spiro atoms. The second-order valence-corrected chi connectivity index (χ2v) is 5.60. The fraction of sp³-hybridized carbons (Fsp3) is 0.571. The van der Waals surface area contributed by atoms with Crippen LogP contribution in [0.25, 0.3) is 0 Å². The van der Waals surface area contributed by atoms with E-state index in [-0.39, 0.29) is 5.82 Å². The Bertz CT molecular complexity index is 380. The molecule has 0 saturated heterocycles. The fourth-order valence-electron chi connectivity index (χ4n) is 2.44. The number of benzene rings is 1. The maximum absolute atomic E-state index is 13.1. The van der Waals surface area contributed by atoms with Gasteiger partial charge in [-0.2, -0.15) is 0 Å². The number of rotatable bonds is 4. The van der Waals surface area contributed by atoms with Gasteiger partial charge in [0.1, 0.15) is 5.82 Å². The van der Waals surface area contributed by atoms with Gasteiger partial charge in [-0.1, -0.05) is 6.07 Å². The van der Waals surface area contributed by atoms with Crippen molar-refractivity contribution < 1.29 is 4.39 Å². The Morgan fingerprint density at radius 3 is 2.94 bits per heavy atom. The lowest BCUT2D eigenvalue weighted by Gasteiger charge is -2.12. The first-order chi connectivity index (χ1) is 8.15. The highest BCUT2D eigenvalue weighted by molar-refractivity contribution is 6.20. The van der Waals surface area contributed by atoms with E-state index in [1.165, 1.54) is 12.5 Å². The Labute approximate surface area is 107 Å². The normalized spacial score (nSPS) is 24.2. The van der Waals surface area contributed by atoms with Crippen molar-refractivity contribution in [1.82, 2.24) is 5.32 Å². The Hall–Kier alpha value is -0.600. The quantitative estimate of drug-likeness (QED) is 0.811. The first kappa shape index (κ1) is 12.8. The summed E-state index contributed by atoms with van der Waals surface area (Å²) in [6.07, 6.45) is 3.45. The van der Waals surface area contributed by atoms with Crippen LogP contribution in [0.4, 0.5) is 4.39 Å². The molecular formula is C14H19ClFN. The van der Waals surface area contributed by atoms with Crippen molar-refractivity contribution in [3.63, 3.8) is 0 Å². The highest BCUT2D eigenvalue weighted by Gasteiger charge is 2.22. The smallest absolute Gasteiger partial charge is 0.123 e. The summed E-state index contributed by atoms with van der Waals surface area (Å²) in [6, 6.07) is 4.95. The van der Waals surface area contributed by atoms with Crippen LogP contribution in [-0.2, 0) is 6.54 Å². The maximum atomic E-state index is 13.1. The predicted molar refractivity (Wildman–Crippen MR) is 69.8 cm³/mol. The maximum Gasteiger partial charge on any atom is 0.123 e. The lowest BCUT2D eigenvalue weighted by atomic mass is 10.1. The van der Waals surface area contributed by atoms with Crippen molar-refractivity contribution >= 4 is 11.6 Å². The molecule has 1 aromatic carbocycles. The molecule has 17 heavy (non-hydrogen) atoms. The van der Waals surface area contributed by atoms with E-state index < -0.39 is 0 Å². The second-order valence-electron chi connectivity index (χ2n) is 4.98. The summed E-state index contributed by atoms with van der Waals surface area (Å²) in [6.45, 7) is 3.74. The van der Waals surface area contributed by atoms with Gasteiger partial charge in [-0.15, -0.1) is 11.6 Å². The number of aryl methyl sites for hydroxylation is 1. The van der Waals surface area contributed by atoms with E-state index in [9.17, 15) is 4.39 Å². The molecule has 2 atom stereocenters. The van der Waals surface area contributed by atoms with Crippen molar-refractivity contribution in [2.75, 3.05) is 6.54 Å². The van der Waals surface area contributed by atoms with Crippen molar-refractivity contribution in [3.8, 4) is 0 Å². The number of nitrogens with one attached hydrogen (secondary N) is 1. The van der Waals surface area contributed by atoms with Crippen molar-refractivity contribution in [2.45, 2.75) is 38.1 Å². The lowest BCUT2D eigenvalue weighted by molar-refractivity contribution is 0.488. The topological polar surface area (TPSA) is 12.0 Å². The monoisotopic (exact) mass is 255 g/mol. The summed E-state index contributed by atoms with van der Waals surface area (Å²) < 4.78 is 13.1. The molecule has 1 aliphatic carbocycles. The first-order valence-corrected chi connectivity index (χ1v) is 6.68. The third-order valence-electron chi connectivity index (χ3n) is 3.54. The zero-order valence-electron chi connectivity index (χ0n) is 10.2. The van der Waals surface area contributed by atoms with Gasteiger partial charge in [0.15, 0.2) is 0 Å². The fourth-order valence-corrected chi connectivity index (χ4v) is 2.82. The molecule has 3 heteroatoms. The largest absolute Gasteiger partial charge is 0.312 e. The van der Waals surface area contributed by atoms with Crippen LogP contribution >= 0.6 is 11.6 Å². The third-order valence-corrected chi connectivity index (χ3v) is 3.93. The minimum Gasteiger partial charge on any atom is -0.312 e. The molecule has 2 unspecified atom stereocenters. The molecule has 0 radical (unpaired) electrons. The van der Waals surface area contributed by atoms with Gasteiger partial charge < -0.3 is 5.32 Å². The molecule has 0 heterocycles. The van der Waals surface area contributed by atoms with E-state index in [0.29, 0.717) is 11.3 Å². The van der Waals surface area contributed by atoms with Crippen LogP contribution in [0.3, 0.4) is 0 Å². The molecule has 1 aliphatic rings. The molecule has 0 aromatic heterocycles. The van der Waals surface area contributed by atoms with E-state index >= 15 is 0 Å². The number of hydrogen-bond acceptors (Lipinski definition) is 1. The minimum atomic E-state index is -0.158. The number of alkyl halides is 1. The number of halogens is 2. The van der Waals surface area contributed by atoms with Crippen molar-refractivity contribution in [3.05, 3.63) is 35.1 Å². The van der Waals surface area contributed by atoms with E-state index in [2.05, 4.69) is 5.32 Å². The Balaban J connectivity index is 1.80. The molecule has 1 nitrogen and oxygen atoms in total. The van der Waals surface area contributed by atoms with Gasteiger partial charge >= 0.3 is 0 Å². The summed E-state index contributed by atoms with van der Waals surface area (Å²) in [5, 5.41) is 3.77. The summed E-state index contributed by atoms with van der Waals surface area (Å²) in [4.78, 5) is 0. The SMILES string of the molecule is Cc1ccc(F)cc1CNCC1CCC(Cl)C1. The molecule has 1 aromatic rings. The van der Waals surface area contributed by atoms with Gasteiger partial charge in [0.25, 0.3) is 0 Å². The molecule has 1 N–H and O–H groups in total. The molecule has 1 fully saturated rings. The lowest BCUT2D eigenvalue weighted by Crippen LogP contribution is -2.21. The van der Waals surface area contributed by atoms with Gasteiger partial charge in [0.05, 0.1) is 0 Å². The highest BCUT2D eigenvalue weighted by Crippen LogP contribution is 2.28. The second kappa shape index (κ2) is 5.83. The van der Waals surface area contributed by atoms with E-state index in [1.807, 2.05) is 13.0 Å². The van der Waals surface area contributed by atoms with E-state index in [0.717, 1.165) is 37.1 Å². The van der Waals surface area contributed by atoms with E-state index in [1.54, 1.807) is 6.07 Å². The van der Waals surface area contributed by atoms with Gasteiger partial charge in [-0.05, 0) is 61.9 Å². The van der Waals surface area contributed by atoms with Gasteiger partial charge in [0.2, 0.25) is 0 Å². The highest BCUT2D eigenvalue weighted by atomic mass is 35.5. The number of hydrogen-bond donors (Lipinski definition) is 1. The van der Waals surface area contributed by atoms with Crippen LogP contribution in [-0.4, -0.2) is 11.9 Å². The van der Waals surface area contributed by atoms with Gasteiger partial charge in [-0.3, -0.25) is 0 Å². The van der Waals surface area contributed by atoms with Crippen LogP contribution in [0.2, 0.25) is 0 Å². The van der Waals surface area contributed by atoms with Crippen LogP contribution in [0, 0.1) is 18.7 Å². The van der Waals surface area contributed by atoms with Crippen LogP contribution < -0.4 is 5.32 Å². The van der Waals surface area contributed by atoms with Gasteiger partial charge in [0, 0.05) is 11.9 Å². The molecular weight excluding hydrogens is 237 g/mol. The Kier molecular flexibility index (Phi) is 4.41. The average molecular weight is 256 g/mol. The van der Waals surface area contributed by atoms with Crippen LogP contribution in [0.15, 0.2) is 18.2 Å². The first-order valence-electron chi connectivity index (χ1n) is 6.25. The average Bonchev–Trinajstić information content (AvgIpc) is 2.69. The van der Waals surface area contributed by atoms with Crippen molar-refractivity contribution in [1.29, 1.82) is 0 Å². The molecule has 2 rings (SSSR count). The van der Waals surface area contributed by atoms with Crippen LogP contribution in [0.5, 0.6) is 0 Å². The molecule has 0 aliphatic heterocycles. The van der Waals surface area contributed by atoms with Crippen LogP contribution in [0.1, 0.15) is 30.4 Å². The summed E-state index contributed by atoms with van der Waals surface area (Å²) in [5.74, 6) is 0.528. The Morgan fingerprint density at radius 1 is 1.41 bits per heavy atom. The summed E-state index contributed by atoms with van der Waals surface area (Å²) in [7, 11) is 0. The minimum absolute atomic E-state index is 0.158. The molecule has 0 amide bonds. The Morgan fingerprint density at radius 2 is 2.24 bits per heavy atom. The molecule has 0 bridgehead atoms. The molecule has 1 saturated carbocycles. The third kappa shape index (κ3) is 3.68. The predicted octanol–water partition coefficient (Wildman–Crippen LogP) is 3.63.